The normalized spacial score (nSPS) is 13.4. The van der Waals surface area contributed by atoms with Crippen LogP contribution in [-0.2, 0) is 16.0 Å². The molecule has 0 aliphatic heterocycles. The quantitative estimate of drug-likeness (QED) is 0.0968. The summed E-state index contributed by atoms with van der Waals surface area (Å²) in [6, 6.07) is 29.5. The predicted molar refractivity (Wildman–Crippen MR) is 204 cm³/mol. The SMILES string of the molecule is CC(NC[C@H](Cc1ccccc1)NC(=O)c1cc(C(=O)N[C@H](C)c2ccccc2)cc(-c2ccccc2C#N)c1)C(=O)N[C@H](C(=O)NCC(F)(F)F)C(C)C. The number of halogens is 3. The van der Waals surface area contributed by atoms with Crippen molar-refractivity contribution < 1.29 is 32.3 Å². The van der Waals surface area contributed by atoms with Gasteiger partial charge in [-0.2, -0.15) is 18.4 Å². The number of carbonyl (C=O) groups excluding carboxylic acids is 4. The first kappa shape index (κ1) is 41.8. The maximum atomic E-state index is 14.1. The van der Waals surface area contributed by atoms with Gasteiger partial charge in [0.05, 0.1) is 23.7 Å². The summed E-state index contributed by atoms with van der Waals surface area (Å²) in [4.78, 5) is 53.4. The van der Waals surface area contributed by atoms with Crippen molar-refractivity contribution in [2.24, 2.45) is 5.92 Å². The monoisotopic (exact) mass is 754 g/mol. The summed E-state index contributed by atoms with van der Waals surface area (Å²) in [6.07, 6.45) is -4.26. The minimum atomic E-state index is -4.61. The third-order valence-electron chi connectivity index (χ3n) is 8.90. The van der Waals surface area contributed by atoms with E-state index in [0.29, 0.717) is 23.1 Å². The molecule has 1 unspecified atom stereocenters. The maximum absolute atomic E-state index is 14.1. The molecular weight excluding hydrogens is 709 g/mol. The first-order valence-electron chi connectivity index (χ1n) is 17.9. The van der Waals surface area contributed by atoms with E-state index in [2.05, 4.69) is 27.3 Å². The van der Waals surface area contributed by atoms with E-state index in [1.54, 1.807) is 57.2 Å². The van der Waals surface area contributed by atoms with E-state index >= 15 is 0 Å². The Morgan fingerprint density at radius 2 is 1.31 bits per heavy atom. The van der Waals surface area contributed by atoms with Crippen molar-refractivity contribution >= 4 is 23.6 Å². The highest BCUT2D eigenvalue weighted by Crippen LogP contribution is 2.27. The van der Waals surface area contributed by atoms with Gasteiger partial charge in [0.25, 0.3) is 11.8 Å². The summed E-state index contributed by atoms with van der Waals surface area (Å²) in [5.74, 6) is -3.00. The van der Waals surface area contributed by atoms with Gasteiger partial charge < -0.3 is 26.6 Å². The lowest BCUT2D eigenvalue weighted by Gasteiger charge is -2.26. The van der Waals surface area contributed by atoms with E-state index in [-0.39, 0.29) is 23.7 Å². The Balaban J connectivity index is 1.57. The van der Waals surface area contributed by atoms with Crippen molar-refractivity contribution in [3.8, 4) is 17.2 Å². The van der Waals surface area contributed by atoms with E-state index in [0.717, 1.165) is 11.1 Å². The molecule has 10 nitrogen and oxygen atoms in total. The number of alkyl halides is 3. The third kappa shape index (κ3) is 12.5. The molecule has 0 heterocycles. The predicted octanol–water partition coefficient (Wildman–Crippen LogP) is 5.85. The zero-order chi connectivity index (χ0) is 40.1. The number of amides is 4. The van der Waals surface area contributed by atoms with Crippen LogP contribution in [0.4, 0.5) is 13.2 Å². The lowest BCUT2D eigenvalue weighted by Crippen LogP contribution is -2.56. The van der Waals surface area contributed by atoms with Crippen molar-refractivity contribution in [3.05, 3.63) is 131 Å². The van der Waals surface area contributed by atoms with Gasteiger partial charge in [0.15, 0.2) is 0 Å². The van der Waals surface area contributed by atoms with Crippen LogP contribution in [0.1, 0.15) is 71.1 Å². The first-order chi connectivity index (χ1) is 26.1. The summed E-state index contributed by atoms with van der Waals surface area (Å²) in [6.45, 7) is 5.17. The fourth-order valence-electron chi connectivity index (χ4n) is 5.85. The molecule has 4 amide bonds. The summed E-state index contributed by atoms with van der Waals surface area (Å²) in [5.41, 5.74) is 3.54. The molecule has 4 aromatic rings. The zero-order valence-corrected chi connectivity index (χ0v) is 31.0. The van der Waals surface area contributed by atoms with Gasteiger partial charge in [-0.1, -0.05) is 92.7 Å². The lowest BCUT2D eigenvalue weighted by molar-refractivity contribution is -0.141. The highest BCUT2D eigenvalue weighted by molar-refractivity contribution is 6.02. The van der Waals surface area contributed by atoms with Gasteiger partial charge in [0.1, 0.15) is 12.6 Å². The van der Waals surface area contributed by atoms with E-state index in [1.165, 1.54) is 6.07 Å². The van der Waals surface area contributed by atoms with Crippen molar-refractivity contribution in [2.75, 3.05) is 13.1 Å². The molecule has 0 saturated carbocycles. The molecule has 4 atom stereocenters. The molecule has 4 rings (SSSR count). The second-order valence-corrected chi connectivity index (χ2v) is 13.6. The van der Waals surface area contributed by atoms with E-state index < -0.39 is 60.4 Å². The molecule has 55 heavy (non-hydrogen) atoms. The van der Waals surface area contributed by atoms with Crippen LogP contribution in [0.25, 0.3) is 11.1 Å². The van der Waals surface area contributed by atoms with Crippen LogP contribution < -0.4 is 26.6 Å². The standard InChI is InChI=1S/C42H45F3N6O4/c1-26(2)37(41(55)48-25-42(43,44)45)51-38(52)28(4)47-24-35(19-29-13-7-5-8-14-29)50-40(54)34-21-32(36-18-12-11-17-31(36)23-46)20-33(22-34)39(53)49-27(3)30-15-9-6-10-16-30/h5-18,20-22,26-28,35,37,47H,19,24-25H2,1-4H3,(H,48,55)(H,49,53)(H,50,54)(H,51,52)/t27-,28?,35+,37+/m1/s1. The Morgan fingerprint density at radius 3 is 1.91 bits per heavy atom. The molecule has 288 valence electrons. The topological polar surface area (TPSA) is 152 Å². The van der Waals surface area contributed by atoms with Crippen LogP contribution in [0.3, 0.4) is 0 Å². The lowest BCUT2D eigenvalue weighted by atomic mass is 9.95. The molecule has 0 fully saturated rings. The Kier molecular flexibility index (Phi) is 14.7. The smallest absolute Gasteiger partial charge is 0.348 e. The van der Waals surface area contributed by atoms with Gasteiger partial charge in [0.2, 0.25) is 11.8 Å². The highest BCUT2D eigenvalue weighted by atomic mass is 19.4. The molecule has 0 aliphatic carbocycles. The number of rotatable bonds is 16. The van der Waals surface area contributed by atoms with Gasteiger partial charge in [-0.25, -0.2) is 0 Å². The van der Waals surface area contributed by atoms with E-state index in [1.807, 2.05) is 72.9 Å². The van der Waals surface area contributed by atoms with E-state index in [4.69, 9.17) is 0 Å². The van der Waals surface area contributed by atoms with Crippen molar-refractivity contribution in [1.29, 1.82) is 5.26 Å². The van der Waals surface area contributed by atoms with Crippen LogP contribution >= 0.6 is 0 Å². The van der Waals surface area contributed by atoms with Crippen LogP contribution in [-0.4, -0.2) is 61.0 Å². The number of nitrogens with zero attached hydrogens (tertiary/aromatic N) is 1. The zero-order valence-electron chi connectivity index (χ0n) is 31.0. The Labute approximate surface area is 318 Å². The number of nitrogens with one attached hydrogen (secondary N) is 5. The molecule has 0 aromatic heterocycles. The molecule has 5 N–H and O–H groups in total. The molecule has 0 aliphatic rings. The summed E-state index contributed by atoms with van der Waals surface area (Å²) >= 11 is 0. The second-order valence-electron chi connectivity index (χ2n) is 13.6. The number of benzene rings is 4. The number of carbonyl (C=O) groups is 4. The van der Waals surface area contributed by atoms with Crippen molar-refractivity contribution in [3.63, 3.8) is 0 Å². The summed E-state index contributed by atoms with van der Waals surface area (Å²) in [7, 11) is 0. The van der Waals surface area contributed by atoms with Gasteiger partial charge >= 0.3 is 6.18 Å². The Hall–Kier alpha value is -6.00. The van der Waals surface area contributed by atoms with Crippen LogP contribution in [0.15, 0.2) is 103 Å². The minimum Gasteiger partial charge on any atom is -0.348 e. The van der Waals surface area contributed by atoms with Crippen molar-refractivity contribution in [2.45, 2.75) is 64.5 Å². The largest absolute Gasteiger partial charge is 0.405 e. The van der Waals surface area contributed by atoms with Crippen LogP contribution in [0.2, 0.25) is 0 Å². The molecule has 0 radical (unpaired) electrons. The average Bonchev–Trinajstić information content (AvgIpc) is 3.17. The van der Waals surface area contributed by atoms with Crippen molar-refractivity contribution in [1.82, 2.24) is 26.6 Å². The second kappa shape index (κ2) is 19.4. The summed E-state index contributed by atoms with van der Waals surface area (Å²) < 4.78 is 38.2. The van der Waals surface area contributed by atoms with Gasteiger partial charge in [0, 0.05) is 23.7 Å². The molecule has 0 saturated heterocycles. The highest BCUT2D eigenvalue weighted by Gasteiger charge is 2.32. The maximum Gasteiger partial charge on any atom is 0.405 e. The number of nitriles is 1. The molecule has 4 aromatic carbocycles. The van der Waals surface area contributed by atoms with Gasteiger partial charge in [-0.15, -0.1) is 0 Å². The molecular formula is C42H45F3N6O4. The fourth-order valence-corrected chi connectivity index (χ4v) is 5.85. The van der Waals surface area contributed by atoms with E-state index in [9.17, 15) is 37.6 Å². The third-order valence-corrected chi connectivity index (χ3v) is 8.90. The average molecular weight is 755 g/mol. The summed E-state index contributed by atoms with van der Waals surface area (Å²) in [5, 5.41) is 23.3. The fraction of sp³-hybridized carbons (Fsp3) is 0.310. The molecule has 0 spiro atoms. The molecule has 0 bridgehead atoms. The Bertz CT molecular complexity index is 1980. The van der Waals surface area contributed by atoms with Crippen LogP contribution in [0.5, 0.6) is 0 Å². The van der Waals surface area contributed by atoms with Crippen LogP contribution in [0, 0.1) is 17.2 Å². The number of hydrogen-bond acceptors (Lipinski definition) is 6. The number of hydrogen-bond donors (Lipinski definition) is 5. The molecule has 13 heteroatoms. The minimum absolute atomic E-state index is 0.0841. The van der Waals surface area contributed by atoms with Gasteiger partial charge in [-0.3, -0.25) is 19.2 Å². The van der Waals surface area contributed by atoms with Gasteiger partial charge in [-0.05, 0) is 72.7 Å². The Morgan fingerprint density at radius 1 is 0.727 bits per heavy atom. The first-order valence-corrected chi connectivity index (χ1v) is 17.9.